The summed E-state index contributed by atoms with van der Waals surface area (Å²) in [5, 5.41) is 0. The highest BCUT2D eigenvalue weighted by Crippen LogP contribution is 2.28. The molecule has 2 aliphatic rings. The van der Waals surface area contributed by atoms with Crippen LogP contribution in [-0.4, -0.2) is 73.0 Å². The molecule has 2 heterocycles. The molecule has 134 valence electrons. The van der Waals surface area contributed by atoms with Gasteiger partial charge in [0.05, 0.1) is 4.90 Å². The van der Waals surface area contributed by atoms with E-state index in [1.807, 2.05) is 0 Å². The quantitative estimate of drug-likeness (QED) is 0.681. The minimum absolute atomic E-state index is 0.00572. The maximum atomic E-state index is 12.8. The van der Waals surface area contributed by atoms with E-state index in [0.717, 1.165) is 10.7 Å². The lowest BCUT2D eigenvalue weighted by molar-refractivity contribution is -0.140. The van der Waals surface area contributed by atoms with E-state index in [1.54, 1.807) is 23.1 Å². The lowest BCUT2D eigenvalue weighted by atomic mass is 10.2. The molecule has 0 saturated carbocycles. The Morgan fingerprint density at radius 3 is 2.32 bits per heavy atom. The smallest absolute Gasteiger partial charge is 0.267 e. The molecule has 0 N–H and O–H groups in total. The molecule has 1 aromatic carbocycles. The van der Waals surface area contributed by atoms with Crippen LogP contribution in [0.15, 0.2) is 35.2 Å². The molecule has 0 spiro atoms. The average Bonchev–Trinajstić information content (AvgIpc) is 3.04. The van der Waals surface area contributed by atoms with Gasteiger partial charge in [-0.2, -0.15) is 0 Å². The van der Waals surface area contributed by atoms with Crippen molar-refractivity contribution in [1.29, 1.82) is 0 Å². The van der Waals surface area contributed by atoms with Gasteiger partial charge in [-0.3, -0.25) is 14.4 Å². The summed E-state index contributed by atoms with van der Waals surface area (Å²) in [6, 6.07) is 6.63. The summed E-state index contributed by atoms with van der Waals surface area (Å²) in [6.07, 6.45) is 0.932. The van der Waals surface area contributed by atoms with Gasteiger partial charge in [-0.25, -0.2) is 12.7 Å². The predicted molar refractivity (Wildman–Crippen MR) is 87.7 cm³/mol. The lowest BCUT2D eigenvalue weighted by Gasteiger charge is -2.35. The molecule has 2 fully saturated rings. The highest BCUT2D eigenvalue weighted by molar-refractivity contribution is 7.89. The molecular formula is C16H19N3O5S. The summed E-state index contributed by atoms with van der Waals surface area (Å²) in [5.41, 5.74) is 0. The van der Waals surface area contributed by atoms with Crippen LogP contribution < -0.4 is 0 Å². The molecule has 0 bridgehead atoms. The number of hydrogen-bond donors (Lipinski definition) is 0. The predicted octanol–water partition coefficient (Wildman–Crippen LogP) is -0.333. The fourth-order valence-electron chi connectivity index (χ4n) is 3.15. The largest absolute Gasteiger partial charge is 0.342 e. The number of nitrogens with zero attached hydrogens (tertiary/aromatic N) is 3. The van der Waals surface area contributed by atoms with Gasteiger partial charge in [-0.1, -0.05) is 18.2 Å². The van der Waals surface area contributed by atoms with Crippen LogP contribution >= 0.6 is 0 Å². The van der Waals surface area contributed by atoms with Gasteiger partial charge in [0, 0.05) is 32.6 Å². The zero-order chi connectivity index (χ0) is 18.0. The Bertz CT molecular complexity index is 772. The molecule has 3 rings (SSSR count). The number of benzene rings is 1. The van der Waals surface area contributed by atoms with E-state index in [-0.39, 0.29) is 23.6 Å². The Balaban J connectivity index is 1.83. The number of hydrogen-bond acceptors (Lipinski definition) is 5. The van der Waals surface area contributed by atoms with Gasteiger partial charge in [-0.15, -0.1) is 0 Å². The number of rotatable bonds is 4. The van der Waals surface area contributed by atoms with Gasteiger partial charge < -0.3 is 9.80 Å². The fraction of sp³-hybridized carbons (Fsp3) is 0.438. The van der Waals surface area contributed by atoms with Crippen molar-refractivity contribution < 1.29 is 22.8 Å². The first-order chi connectivity index (χ1) is 11.9. The van der Waals surface area contributed by atoms with Crippen LogP contribution in [0.1, 0.15) is 12.8 Å². The first-order valence-electron chi connectivity index (χ1n) is 8.05. The van der Waals surface area contributed by atoms with E-state index in [9.17, 15) is 22.8 Å². The summed E-state index contributed by atoms with van der Waals surface area (Å²) in [7, 11) is -4.07. The fourth-order valence-corrected chi connectivity index (χ4v) is 4.77. The Labute approximate surface area is 146 Å². The highest BCUT2D eigenvalue weighted by Gasteiger charge is 2.45. The number of piperazine rings is 1. The van der Waals surface area contributed by atoms with Gasteiger partial charge in [0.2, 0.25) is 18.2 Å². The molecule has 3 amide bonds. The van der Waals surface area contributed by atoms with Crippen molar-refractivity contribution in [3.8, 4) is 0 Å². The van der Waals surface area contributed by atoms with Crippen molar-refractivity contribution in [3.63, 3.8) is 0 Å². The Hall–Kier alpha value is -2.42. The molecule has 0 aromatic heterocycles. The van der Waals surface area contributed by atoms with Crippen molar-refractivity contribution in [1.82, 2.24) is 14.1 Å². The van der Waals surface area contributed by atoms with E-state index in [1.165, 1.54) is 17.0 Å². The topological polar surface area (TPSA) is 95.1 Å². The lowest BCUT2D eigenvalue weighted by Crippen LogP contribution is -2.54. The average molecular weight is 365 g/mol. The molecule has 9 heteroatoms. The normalized spacial score (nSPS) is 21.5. The molecule has 25 heavy (non-hydrogen) atoms. The first kappa shape index (κ1) is 17.4. The maximum absolute atomic E-state index is 12.8. The SMILES string of the molecule is O=CN1CCN(C(=O)C2CCC(=O)N2S(=O)(=O)c2ccccc2)CC1. The molecule has 8 nitrogen and oxygen atoms in total. The number of carbonyl (C=O) groups is 3. The van der Waals surface area contributed by atoms with Crippen LogP contribution in [0.3, 0.4) is 0 Å². The van der Waals surface area contributed by atoms with Crippen LogP contribution in [0.25, 0.3) is 0 Å². The van der Waals surface area contributed by atoms with E-state index >= 15 is 0 Å². The van der Waals surface area contributed by atoms with E-state index in [0.29, 0.717) is 26.2 Å². The van der Waals surface area contributed by atoms with Gasteiger partial charge in [0.25, 0.3) is 10.0 Å². The Kier molecular flexibility index (Phi) is 4.76. The van der Waals surface area contributed by atoms with E-state index in [4.69, 9.17) is 0 Å². The zero-order valence-corrected chi connectivity index (χ0v) is 14.4. The monoisotopic (exact) mass is 365 g/mol. The third kappa shape index (κ3) is 3.23. The summed E-state index contributed by atoms with van der Waals surface area (Å²) in [6.45, 7) is 1.48. The molecule has 0 aliphatic carbocycles. The summed E-state index contributed by atoms with van der Waals surface area (Å²) in [4.78, 5) is 38.8. The van der Waals surface area contributed by atoms with Crippen molar-refractivity contribution in [2.75, 3.05) is 26.2 Å². The van der Waals surface area contributed by atoms with E-state index < -0.39 is 22.0 Å². The van der Waals surface area contributed by atoms with Crippen LogP contribution in [0.4, 0.5) is 0 Å². The molecule has 1 aromatic rings. The summed E-state index contributed by atoms with van der Waals surface area (Å²) < 4.78 is 26.4. The van der Waals surface area contributed by atoms with Gasteiger partial charge >= 0.3 is 0 Å². The molecule has 2 saturated heterocycles. The number of carbonyl (C=O) groups excluding carboxylic acids is 3. The van der Waals surface area contributed by atoms with Crippen molar-refractivity contribution in [3.05, 3.63) is 30.3 Å². The second-order valence-electron chi connectivity index (χ2n) is 6.03. The standard InChI is InChI=1S/C16H19N3O5S/c20-12-17-8-10-18(11-9-17)16(22)14-6-7-15(21)19(14)25(23,24)13-4-2-1-3-5-13/h1-5,12,14H,6-11H2. The molecule has 1 unspecified atom stereocenters. The van der Waals surface area contributed by atoms with E-state index in [2.05, 4.69) is 0 Å². The van der Waals surface area contributed by atoms with Crippen LogP contribution in [-0.2, 0) is 24.4 Å². The van der Waals surface area contributed by atoms with Crippen molar-refractivity contribution >= 4 is 28.2 Å². The van der Waals surface area contributed by atoms with Crippen molar-refractivity contribution in [2.45, 2.75) is 23.8 Å². The minimum atomic E-state index is -4.07. The second kappa shape index (κ2) is 6.83. The summed E-state index contributed by atoms with van der Waals surface area (Å²) >= 11 is 0. The van der Waals surface area contributed by atoms with Gasteiger partial charge in [0.15, 0.2) is 0 Å². The molecular weight excluding hydrogens is 346 g/mol. The highest BCUT2D eigenvalue weighted by atomic mass is 32.2. The van der Waals surface area contributed by atoms with Crippen LogP contribution in [0, 0.1) is 0 Å². The van der Waals surface area contributed by atoms with Crippen LogP contribution in [0.2, 0.25) is 0 Å². The number of amides is 3. The van der Waals surface area contributed by atoms with Crippen LogP contribution in [0.5, 0.6) is 0 Å². The first-order valence-corrected chi connectivity index (χ1v) is 9.49. The van der Waals surface area contributed by atoms with Gasteiger partial charge in [-0.05, 0) is 18.6 Å². The third-order valence-electron chi connectivity index (χ3n) is 4.52. The maximum Gasteiger partial charge on any atom is 0.267 e. The van der Waals surface area contributed by atoms with Crippen molar-refractivity contribution in [2.24, 2.45) is 0 Å². The second-order valence-corrected chi connectivity index (χ2v) is 7.84. The third-order valence-corrected chi connectivity index (χ3v) is 6.36. The molecule has 0 radical (unpaired) electrons. The molecule has 2 aliphatic heterocycles. The minimum Gasteiger partial charge on any atom is -0.342 e. The summed E-state index contributed by atoms with van der Waals surface area (Å²) in [5.74, 6) is -0.940. The Morgan fingerprint density at radius 2 is 1.72 bits per heavy atom. The van der Waals surface area contributed by atoms with Gasteiger partial charge in [0.1, 0.15) is 6.04 Å². The number of sulfonamides is 1. The Morgan fingerprint density at radius 1 is 1.08 bits per heavy atom. The zero-order valence-electron chi connectivity index (χ0n) is 13.6. The molecule has 1 atom stereocenters.